The molecule has 4 aromatic rings. The van der Waals surface area contributed by atoms with Crippen molar-refractivity contribution < 1.29 is 14.3 Å². The minimum Gasteiger partial charge on any atom is -0.457 e. The van der Waals surface area contributed by atoms with Crippen LogP contribution in [-0.4, -0.2) is 23.8 Å². The van der Waals surface area contributed by atoms with Gasteiger partial charge in [0.25, 0.3) is 11.8 Å². The van der Waals surface area contributed by atoms with Gasteiger partial charge in [-0.1, -0.05) is 18.2 Å². The average Bonchev–Trinajstić information content (AvgIpc) is 2.79. The summed E-state index contributed by atoms with van der Waals surface area (Å²) in [6.07, 6.45) is 0. The van der Waals surface area contributed by atoms with Crippen LogP contribution in [0.5, 0.6) is 11.5 Å². The van der Waals surface area contributed by atoms with Gasteiger partial charge in [-0.3, -0.25) is 14.4 Å². The predicted molar refractivity (Wildman–Crippen MR) is 124 cm³/mol. The van der Waals surface area contributed by atoms with Gasteiger partial charge in [-0.25, -0.2) is 0 Å². The summed E-state index contributed by atoms with van der Waals surface area (Å²) in [4.78, 5) is 39.2. The van der Waals surface area contributed by atoms with Crippen LogP contribution >= 0.6 is 0 Å². The van der Waals surface area contributed by atoms with Gasteiger partial charge in [0.2, 0.25) is 5.56 Å². The molecular weight excluding hydrogens is 406 g/mol. The van der Waals surface area contributed by atoms with Gasteiger partial charge >= 0.3 is 0 Å². The molecule has 160 valence electrons. The second kappa shape index (κ2) is 8.77. The van der Waals surface area contributed by atoms with Crippen molar-refractivity contribution in [2.24, 2.45) is 0 Å². The first-order valence-electron chi connectivity index (χ1n) is 9.98. The number of aromatic nitrogens is 1. The highest BCUT2D eigenvalue weighted by molar-refractivity contribution is 6.06. The number of anilines is 1. The average molecular weight is 427 g/mol. The maximum absolute atomic E-state index is 12.7. The fourth-order valence-electron chi connectivity index (χ4n) is 3.39. The molecule has 32 heavy (non-hydrogen) atoms. The van der Waals surface area contributed by atoms with E-state index in [1.165, 1.54) is 6.07 Å². The normalized spacial score (nSPS) is 10.6. The molecule has 0 aliphatic heterocycles. The molecule has 7 heteroatoms. The number of amides is 2. The van der Waals surface area contributed by atoms with E-state index in [4.69, 9.17) is 4.74 Å². The van der Waals surface area contributed by atoms with Crippen LogP contribution in [0.15, 0.2) is 77.6 Å². The van der Waals surface area contributed by atoms with Crippen molar-refractivity contribution >= 4 is 28.4 Å². The molecule has 1 aromatic heterocycles. The molecule has 3 N–H and O–H groups in total. The number of fused-ring (bicyclic) bond motifs is 1. The molecule has 0 spiro atoms. The maximum atomic E-state index is 12.7. The lowest BCUT2D eigenvalue weighted by Gasteiger charge is -2.11. The number of rotatable bonds is 5. The summed E-state index contributed by atoms with van der Waals surface area (Å²) in [5, 5.41) is 6.30. The van der Waals surface area contributed by atoms with Crippen molar-refractivity contribution in [3.05, 3.63) is 99.8 Å². The fraction of sp³-hybridized carbons (Fsp3) is 0.0800. The van der Waals surface area contributed by atoms with Gasteiger partial charge < -0.3 is 20.4 Å². The third kappa shape index (κ3) is 4.37. The number of benzene rings is 3. The summed E-state index contributed by atoms with van der Waals surface area (Å²) in [5.41, 5.74) is 2.70. The van der Waals surface area contributed by atoms with Gasteiger partial charge in [0, 0.05) is 35.3 Å². The number of ether oxygens (including phenoxy) is 1. The number of aromatic amines is 1. The molecule has 0 aliphatic carbocycles. The van der Waals surface area contributed by atoms with E-state index in [1.807, 2.05) is 13.0 Å². The van der Waals surface area contributed by atoms with Crippen LogP contribution in [0.4, 0.5) is 5.69 Å². The lowest BCUT2D eigenvalue weighted by molar-refractivity contribution is 0.0959. The Labute approximate surface area is 184 Å². The van der Waals surface area contributed by atoms with E-state index >= 15 is 0 Å². The Bertz CT molecular complexity index is 1370. The standard InChI is InChI=1S/C25H21N3O4/c1-15-13-23(29)28-21-14-16(7-12-19(15)21)24(30)27-17-8-10-18(11-9-17)32-22-6-4-3-5-20(22)25(31)26-2/h3-14H,1-2H3,(H,26,31)(H,27,30)(H,28,29). The highest BCUT2D eigenvalue weighted by Gasteiger charge is 2.12. The van der Waals surface area contributed by atoms with Gasteiger partial charge in [0.05, 0.1) is 5.56 Å². The number of pyridine rings is 1. The molecule has 7 nitrogen and oxygen atoms in total. The Morgan fingerprint density at radius 2 is 1.66 bits per heavy atom. The molecule has 0 unspecified atom stereocenters. The lowest BCUT2D eigenvalue weighted by atomic mass is 10.1. The fourth-order valence-corrected chi connectivity index (χ4v) is 3.39. The van der Waals surface area contributed by atoms with Gasteiger partial charge in [0.15, 0.2) is 0 Å². The SMILES string of the molecule is CNC(=O)c1ccccc1Oc1ccc(NC(=O)c2ccc3c(C)cc(=O)[nH]c3c2)cc1. The van der Waals surface area contributed by atoms with Gasteiger partial charge in [-0.2, -0.15) is 0 Å². The summed E-state index contributed by atoms with van der Waals surface area (Å²) in [6, 6.07) is 20.5. The first-order valence-corrected chi connectivity index (χ1v) is 9.98. The van der Waals surface area contributed by atoms with Crippen LogP contribution in [0, 0.1) is 6.92 Å². The van der Waals surface area contributed by atoms with Crippen molar-refractivity contribution in [3.63, 3.8) is 0 Å². The highest BCUT2D eigenvalue weighted by atomic mass is 16.5. The highest BCUT2D eigenvalue weighted by Crippen LogP contribution is 2.26. The van der Waals surface area contributed by atoms with Gasteiger partial charge in [0.1, 0.15) is 11.5 Å². The molecule has 0 saturated carbocycles. The number of hydrogen-bond acceptors (Lipinski definition) is 4. The van der Waals surface area contributed by atoms with Crippen molar-refractivity contribution in [2.75, 3.05) is 12.4 Å². The number of para-hydroxylation sites is 1. The molecule has 0 atom stereocenters. The molecule has 0 radical (unpaired) electrons. The van der Waals surface area contributed by atoms with Crippen molar-refractivity contribution in [1.82, 2.24) is 10.3 Å². The maximum Gasteiger partial charge on any atom is 0.255 e. The predicted octanol–water partition coefficient (Wildman–Crippen LogP) is 4.24. The minimum absolute atomic E-state index is 0.207. The second-order valence-corrected chi connectivity index (χ2v) is 7.23. The van der Waals surface area contributed by atoms with Crippen molar-refractivity contribution in [2.45, 2.75) is 6.92 Å². The summed E-state index contributed by atoms with van der Waals surface area (Å²) in [7, 11) is 1.56. The summed E-state index contributed by atoms with van der Waals surface area (Å²) >= 11 is 0. The van der Waals surface area contributed by atoms with Gasteiger partial charge in [-0.05, 0) is 61.0 Å². The number of H-pyrrole nitrogens is 1. The third-order valence-corrected chi connectivity index (χ3v) is 5.01. The molecule has 0 bridgehead atoms. The lowest BCUT2D eigenvalue weighted by Crippen LogP contribution is -2.18. The number of carbonyl (C=O) groups is 2. The summed E-state index contributed by atoms with van der Waals surface area (Å²) in [6.45, 7) is 1.86. The monoisotopic (exact) mass is 427 g/mol. The molecular formula is C25H21N3O4. The zero-order valence-corrected chi connectivity index (χ0v) is 17.6. The smallest absolute Gasteiger partial charge is 0.255 e. The largest absolute Gasteiger partial charge is 0.457 e. The Hall–Kier alpha value is -4.39. The Kier molecular flexibility index (Phi) is 5.72. The Balaban J connectivity index is 1.50. The van der Waals surface area contributed by atoms with Crippen molar-refractivity contribution in [1.29, 1.82) is 0 Å². The Morgan fingerprint density at radius 1 is 0.906 bits per heavy atom. The van der Waals surface area contributed by atoms with Crippen molar-refractivity contribution in [3.8, 4) is 11.5 Å². The second-order valence-electron chi connectivity index (χ2n) is 7.23. The topological polar surface area (TPSA) is 100 Å². The number of aryl methyl sites for hydroxylation is 1. The zero-order valence-electron chi connectivity index (χ0n) is 17.6. The van der Waals surface area contributed by atoms with Crippen LogP contribution in [0.1, 0.15) is 26.3 Å². The molecule has 0 fully saturated rings. The molecule has 2 amide bonds. The van der Waals surface area contributed by atoms with Gasteiger partial charge in [-0.15, -0.1) is 0 Å². The van der Waals surface area contributed by atoms with E-state index in [-0.39, 0.29) is 17.4 Å². The van der Waals surface area contributed by atoms with Crippen LogP contribution in [0.25, 0.3) is 10.9 Å². The third-order valence-electron chi connectivity index (χ3n) is 5.01. The van der Waals surface area contributed by atoms with E-state index in [9.17, 15) is 14.4 Å². The quantitative estimate of drug-likeness (QED) is 0.443. The number of hydrogen-bond donors (Lipinski definition) is 3. The zero-order chi connectivity index (χ0) is 22.7. The van der Waals surface area contributed by atoms with Crippen LogP contribution < -0.4 is 20.9 Å². The van der Waals surface area contributed by atoms with E-state index < -0.39 is 0 Å². The number of carbonyl (C=O) groups excluding carboxylic acids is 2. The van der Waals surface area contributed by atoms with E-state index in [2.05, 4.69) is 15.6 Å². The first-order chi connectivity index (χ1) is 15.4. The summed E-state index contributed by atoms with van der Waals surface area (Å²) in [5.74, 6) is 0.423. The molecule has 3 aromatic carbocycles. The summed E-state index contributed by atoms with van der Waals surface area (Å²) < 4.78 is 5.84. The van der Waals surface area contributed by atoms with Crippen LogP contribution in [0.3, 0.4) is 0 Å². The minimum atomic E-state index is -0.298. The number of nitrogens with one attached hydrogen (secondary N) is 3. The van der Waals surface area contributed by atoms with Crippen LogP contribution in [0.2, 0.25) is 0 Å². The molecule has 4 rings (SSSR count). The van der Waals surface area contributed by atoms with E-state index in [1.54, 1.807) is 67.7 Å². The first kappa shape index (κ1) is 20.9. The van der Waals surface area contributed by atoms with E-state index in [0.717, 1.165) is 10.9 Å². The molecule has 0 aliphatic rings. The van der Waals surface area contributed by atoms with E-state index in [0.29, 0.717) is 33.8 Å². The Morgan fingerprint density at radius 3 is 2.41 bits per heavy atom. The molecule has 0 saturated heterocycles. The van der Waals surface area contributed by atoms with Crippen LogP contribution in [-0.2, 0) is 0 Å². The molecule has 1 heterocycles.